The molecule has 0 radical (unpaired) electrons. The minimum absolute atomic E-state index is 0.200. The van der Waals surface area contributed by atoms with E-state index in [1.807, 2.05) is 49.4 Å². The van der Waals surface area contributed by atoms with Crippen LogP contribution in [0.2, 0.25) is 5.15 Å². The lowest BCUT2D eigenvalue weighted by Gasteiger charge is -2.18. The molecule has 0 atom stereocenters. The Bertz CT molecular complexity index is 1370. The Balaban J connectivity index is 1.96. The van der Waals surface area contributed by atoms with Crippen molar-refractivity contribution in [2.24, 2.45) is 5.41 Å². The van der Waals surface area contributed by atoms with Gasteiger partial charge in [-0.15, -0.1) is 0 Å². The van der Waals surface area contributed by atoms with E-state index >= 15 is 0 Å². The molecule has 0 aliphatic heterocycles. The van der Waals surface area contributed by atoms with Gasteiger partial charge in [-0.2, -0.15) is 0 Å². The van der Waals surface area contributed by atoms with Gasteiger partial charge in [-0.05, 0) is 30.7 Å². The number of nitrogens with zero attached hydrogens (tertiary/aromatic N) is 2. The van der Waals surface area contributed by atoms with E-state index in [9.17, 15) is 9.59 Å². The maximum atomic E-state index is 12.9. The summed E-state index contributed by atoms with van der Waals surface area (Å²) in [7, 11) is 0. The van der Waals surface area contributed by atoms with Gasteiger partial charge in [0.05, 0.1) is 11.1 Å². The first-order chi connectivity index (χ1) is 15.1. The van der Waals surface area contributed by atoms with Crippen LogP contribution < -0.4 is 10.7 Å². The third kappa shape index (κ3) is 4.41. The van der Waals surface area contributed by atoms with Crippen molar-refractivity contribution >= 4 is 34.4 Å². The lowest BCUT2D eigenvalue weighted by atomic mass is 9.96. The average Bonchev–Trinajstić information content (AvgIpc) is 2.72. The van der Waals surface area contributed by atoms with Crippen LogP contribution in [0, 0.1) is 12.3 Å². The van der Waals surface area contributed by atoms with Crippen molar-refractivity contribution in [1.29, 1.82) is 0 Å². The lowest BCUT2D eigenvalue weighted by Crippen LogP contribution is -2.28. The van der Waals surface area contributed by atoms with E-state index in [0.717, 1.165) is 22.4 Å². The molecule has 6 nitrogen and oxygen atoms in total. The summed E-state index contributed by atoms with van der Waals surface area (Å²) in [5.74, 6) is 0.110. The molecular formula is C25H23ClN4O2. The molecule has 2 N–H and O–H groups in total. The first-order valence-electron chi connectivity index (χ1n) is 10.2. The summed E-state index contributed by atoms with van der Waals surface area (Å²) in [5, 5.41) is 3.56. The molecule has 0 aliphatic rings. The first kappa shape index (κ1) is 21.7. The van der Waals surface area contributed by atoms with Crippen molar-refractivity contribution in [3.05, 3.63) is 75.7 Å². The minimum Gasteiger partial charge on any atom is -0.326 e. The Morgan fingerprint density at radius 2 is 1.72 bits per heavy atom. The van der Waals surface area contributed by atoms with E-state index in [1.54, 1.807) is 26.8 Å². The molecule has 4 aromatic rings. The van der Waals surface area contributed by atoms with Crippen LogP contribution in [-0.2, 0) is 4.79 Å². The predicted molar refractivity (Wildman–Crippen MR) is 129 cm³/mol. The Morgan fingerprint density at radius 3 is 2.38 bits per heavy atom. The number of aromatic amines is 1. The van der Waals surface area contributed by atoms with Crippen molar-refractivity contribution in [1.82, 2.24) is 15.0 Å². The molecule has 7 heteroatoms. The highest BCUT2D eigenvalue weighted by molar-refractivity contribution is 6.29. The SMILES string of the molecule is Cc1cc(-c2cc3c(=O)cc(NC(=O)C(C)(C)C)[nH]c3nc2-c2ccccc2)cc(Cl)n1. The largest absolute Gasteiger partial charge is 0.326 e. The number of nitrogens with one attached hydrogen (secondary N) is 2. The first-order valence-corrected chi connectivity index (χ1v) is 10.6. The fraction of sp³-hybridized carbons (Fsp3) is 0.200. The molecule has 0 saturated carbocycles. The topological polar surface area (TPSA) is 87.7 Å². The zero-order chi connectivity index (χ0) is 23.0. The van der Waals surface area contributed by atoms with Crippen LogP contribution in [0.1, 0.15) is 26.5 Å². The number of rotatable bonds is 3. The molecule has 162 valence electrons. The number of carbonyl (C=O) groups is 1. The highest BCUT2D eigenvalue weighted by Crippen LogP contribution is 2.33. The number of hydrogen-bond acceptors (Lipinski definition) is 4. The molecule has 32 heavy (non-hydrogen) atoms. The van der Waals surface area contributed by atoms with Crippen molar-refractivity contribution in [2.45, 2.75) is 27.7 Å². The van der Waals surface area contributed by atoms with Gasteiger partial charge in [0.2, 0.25) is 5.91 Å². The van der Waals surface area contributed by atoms with Crippen LogP contribution in [0.4, 0.5) is 5.82 Å². The van der Waals surface area contributed by atoms with Crippen LogP contribution in [0.3, 0.4) is 0 Å². The Labute approximate surface area is 190 Å². The fourth-order valence-electron chi connectivity index (χ4n) is 3.37. The number of benzene rings is 1. The summed E-state index contributed by atoms with van der Waals surface area (Å²) in [6.45, 7) is 7.28. The number of hydrogen-bond donors (Lipinski definition) is 2. The number of anilines is 1. The maximum Gasteiger partial charge on any atom is 0.230 e. The molecule has 0 saturated heterocycles. The number of H-pyrrole nitrogens is 1. The van der Waals surface area contributed by atoms with E-state index in [0.29, 0.717) is 27.7 Å². The highest BCUT2D eigenvalue weighted by atomic mass is 35.5. The molecule has 0 spiro atoms. The van der Waals surface area contributed by atoms with E-state index in [4.69, 9.17) is 16.6 Å². The smallest absolute Gasteiger partial charge is 0.230 e. The van der Waals surface area contributed by atoms with E-state index in [1.165, 1.54) is 6.07 Å². The number of aryl methyl sites for hydroxylation is 1. The Hall–Kier alpha value is -3.51. The number of fused-ring (bicyclic) bond motifs is 1. The number of carbonyl (C=O) groups excluding carboxylic acids is 1. The van der Waals surface area contributed by atoms with Gasteiger partial charge in [-0.3, -0.25) is 9.59 Å². The van der Waals surface area contributed by atoms with Crippen molar-refractivity contribution in [3.8, 4) is 22.4 Å². The number of amides is 1. The second-order valence-corrected chi connectivity index (χ2v) is 9.11. The van der Waals surface area contributed by atoms with Crippen LogP contribution in [-0.4, -0.2) is 20.9 Å². The van der Waals surface area contributed by atoms with Gasteiger partial charge in [0, 0.05) is 28.3 Å². The van der Waals surface area contributed by atoms with Gasteiger partial charge in [0.25, 0.3) is 0 Å². The molecule has 0 unspecified atom stereocenters. The second-order valence-electron chi connectivity index (χ2n) is 8.72. The van der Waals surface area contributed by atoms with Crippen molar-refractivity contribution in [3.63, 3.8) is 0 Å². The molecule has 1 amide bonds. The summed E-state index contributed by atoms with van der Waals surface area (Å²) in [6.07, 6.45) is 0. The number of aromatic nitrogens is 3. The second kappa shape index (κ2) is 8.20. The molecule has 4 rings (SSSR count). The molecule has 0 bridgehead atoms. The Morgan fingerprint density at radius 1 is 1.00 bits per heavy atom. The van der Waals surface area contributed by atoms with E-state index in [2.05, 4.69) is 15.3 Å². The zero-order valence-electron chi connectivity index (χ0n) is 18.3. The Kier molecular flexibility index (Phi) is 5.57. The van der Waals surface area contributed by atoms with E-state index < -0.39 is 5.41 Å². The van der Waals surface area contributed by atoms with Gasteiger partial charge < -0.3 is 10.3 Å². The maximum absolute atomic E-state index is 12.9. The van der Waals surface area contributed by atoms with Crippen LogP contribution in [0.5, 0.6) is 0 Å². The molecule has 1 aromatic carbocycles. The van der Waals surface area contributed by atoms with Gasteiger partial charge in [0.15, 0.2) is 5.43 Å². The normalized spacial score (nSPS) is 11.5. The fourth-order valence-corrected chi connectivity index (χ4v) is 3.62. The van der Waals surface area contributed by atoms with Crippen molar-refractivity contribution < 1.29 is 4.79 Å². The van der Waals surface area contributed by atoms with Crippen LogP contribution >= 0.6 is 11.6 Å². The van der Waals surface area contributed by atoms with Gasteiger partial charge >= 0.3 is 0 Å². The summed E-state index contributed by atoms with van der Waals surface area (Å²) in [5.41, 5.74) is 3.48. The van der Waals surface area contributed by atoms with Gasteiger partial charge in [-0.1, -0.05) is 62.7 Å². The zero-order valence-corrected chi connectivity index (χ0v) is 19.0. The minimum atomic E-state index is -0.600. The van der Waals surface area contributed by atoms with Crippen molar-refractivity contribution in [2.75, 3.05) is 5.32 Å². The summed E-state index contributed by atoms with van der Waals surface area (Å²) >= 11 is 6.21. The van der Waals surface area contributed by atoms with Gasteiger partial charge in [-0.25, -0.2) is 9.97 Å². The van der Waals surface area contributed by atoms with Crippen LogP contribution in [0.15, 0.2) is 59.4 Å². The number of pyridine rings is 3. The lowest BCUT2D eigenvalue weighted by molar-refractivity contribution is -0.123. The molecule has 0 aliphatic carbocycles. The van der Waals surface area contributed by atoms with Crippen LogP contribution in [0.25, 0.3) is 33.4 Å². The van der Waals surface area contributed by atoms with Gasteiger partial charge in [0.1, 0.15) is 16.6 Å². The predicted octanol–water partition coefficient (Wildman–Crippen LogP) is 5.60. The third-order valence-electron chi connectivity index (χ3n) is 5.03. The summed E-state index contributed by atoms with van der Waals surface area (Å²) < 4.78 is 0. The quantitative estimate of drug-likeness (QED) is 0.401. The molecule has 3 heterocycles. The highest BCUT2D eigenvalue weighted by Gasteiger charge is 2.22. The molecule has 3 aromatic heterocycles. The molecule has 0 fully saturated rings. The monoisotopic (exact) mass is 446 g/mol. The summed E-state index contributed by atoms with van der Waals surface area (Å²) in [4.78, 5) is 37.5. The summed E-state index contributed by atoms with van der Waals surface area (Å²) in [6, 6.07) is 16.6. The van der Waals surface area contributed by atoms with E-state index in [-0.39, 0.29) is 11.3 Å². The standard InChI is InChI=1S/C25H23ClN4O2/c1-14-10-16(11-20(26)27-14)17-12-18-19(31)13-21(29-24(32)25(2,3)4)28-23(18)30-22(17)15-8-6-5-7-9-15/h5-13H,1-4H3,(H2,28,29,30,31,32). The third-order valence-corrected chi connectivity index (χ3v) is 5.22. The number of halogens is 1. The molecular weight excluding hydrogens is 424 g/mol. The average molecular weight is 447 g/mol.